The van der Waals surface area contributed by atoms with Crippen LogP contribution in [-0.2, 0) is 6.54 Å². The first-order valence-corrected chi connectivity index (χ1v) is 8.13. The molecule has 0 unspecified atom stereocenters. The molecule has 2 N–H and O–H groups in total. The Morgan fingerprint density at radius 2 is 1.81 bits per heavy atom. The number of hydrogen-bond acceptors (Lipinski definition) is 2. The molecule has 21 heavy (non-hydrogen) atoms. The Morgan fingerprint density at radius 3 is 2.43 bits per heavy atom. The summed E-state index contributed by atoms with van der Waals surface area (Å²) in [4.78, 5) is 14.8. The molecule has 1 aliphatic rings. The smallest absolute Gasteiger partial charge is 0.255 e. The van der Waals surface area contributed by atoms with Crippen molar-refractivity contribution in [3.05, 3.63) is 63.2 Å². The van der Waals surface area contributed by atoms with Crippen LogP contribution in [0.2, 0.25) is 0 Å². The second kappa shape index (κ2) is 6.05. The molecule has 0 radical (unpaired) electrons. The minimum absolute atomic E-state index is 0.124. The van der Waals surface area contributed by atoms with Crippen LogP contribution in [0, 0.1) is 3.57 Å². The van der Waals surface area contributed by atoms with Crippen LogP contribution >= 0.6 is 22.6 Å². The fraction of sp³-hybridized carbons (Fsp3) is 0.235. The number of benzene rings is 2. The fourth-order valence-corrected chi connectivity index (χ4v) is 2.98. The van der Waals surface area contributed by atoms with E-state index in [1.807, 2.05) is 53.4 Å². The third-order valence-corrected chi connectivity index (χ3v) is 4.63. The Labute approximate surface area is 138 Å². The SMILES string of the molecule is Nc1ccc(CN(C(=O)c2ccccc2I)C2CC2)cc1. The summed E-state index contributed by atoms with van der Waals surface area (Å²) in [6, 6.07) is 15.9. The van der Waals surface area contributed by atoms with Gasteiger partial charge in [0.2, 0.25) is 0 Å². The minimum atomic E-state index is 0.124. The molecular weight excluding hydrogens is 375 g/mol. The molecule has 0 aromatic heterocycles. The third-order valence-electron chi connectivity index (χ3n) is 3.69. The summed E-state index contributed by atoms with van der Waals surface area (Å²) in [6.07, 6.45) is 2.20. The summed E-state index contributed by atoms with van der Waals surface area (Å²) >= 11 is 2.22. The van der Waals surface area contributed by atoms with E-state index >= 15 is 0 Å². The van der Waals surface area contributed by atoms with E-state index in [4.69, 9.17) is 5.73 Å². The maximum absolute atomic E-state index is 12.8. The summed E-state index contributed by atoms with van der Waals surface area (Å²) in [5.74, 6) is 0.124. The number of nitrogen functional groups attached to an aromatic ring is 1. The standard InChI is InChI=1S/C17H17IN2O/c18-16-4-2-1-3-15(16)17(21)20(14-9-10-14)11-12-5-7-13(19)8-6-12/h1-8,14H,9-11,19H2. The topological polar surface area (TPSA) is 46.3 Å². The number of nitrogens with zero attached hydrogens (tertiary/aromatic N) is 1. The Bertz CT molecular complexity index is 650. The van der Waals surface area contributed by atoms with Gasteiger partial charge in [-0.2, -0.15) is 0 Å². The molecule has 1 amide bonds. The van der Waals surface area contributed by atoms with Crippen molar-refractivity contribution in [1.29, 1.82) is 0 Å². The predicted octanol–water partition coefficient (Wildman–Crippen LogP) is 3.68. The van der Waals surface area contributed by atoms with Crippen LogP contribution in [0.5, 0.6) is 0 Å². The van der Waals surface area contributed by atoms with E-state index in [1.54, 1.807) is 0 Å². The number of rotatable bonds is 4. The van der Waals surface area contributed by atoms with Crippen molar-refractivity contribution in [1.82, 2.24) is 4.90 Å². The molecule has 2 aromatic rings. The molecule has 3 nitrogen and oxygen atoms in total. The van der Waals surface area contributed by atoms with Crippen molar-refractivity contribution in [2.24, 2.45) is 0 Å². The average Bonchev–Trinajstić information content (AvgIpc) is 3.31. The van der Waals surface area contributed by atoms with Gasteiger partial charge >= 0.3 is 0 Å². The van der Waals surface area contributed by atoms with E-state index in [-0.39, 0.29) is 5.91 Å². The van der Waals surface area contributed by atoms with Gasteiger partial charge in [-0.15, -0.1) is 0 Å². The highest BCUT2D eigenvalue weighted by Gasteiger charge is 2.33. The molecule has 1 saturated carbocycles. The van der Waals surface area contributed by atoms with Crippen molar-refractivity contribution in [2.45, 2.75) is 25.4 Å². The summed E-state index contributed by atoms with van der Waals surface area (Å²) in [5.41, 5.74) is 8.38. The monoisotopic (exact) mass is 392 g/mol. The Morgan fingerprint density at radius 1 is 1.14 bits per heavy atom. The van der Waals surface area contributed by atoms with Crippen LogP contribution in [-0.4, -0.2) is 16.8 Å². The highest BCUT2D eigenvalue weighted by Crippen LogP contribution is 2.30. The van der Waals surface area contributed by atoms with Gasteiger partial charge in [-0.05, 0) is 65.3 Å². The van der Waals surface area contributed by atoms with E-state index in [2.05, 4.69) is 22.6 Å². The average molecular weight is 392 g/mol. The van der Waals surface area contributed by atoms with Crippen molar-refractivity contribution < 1.29 is 4.79 Å². The molecule has 0 aliphatic heterocycles. The van der Waals surface area contributed by atoms with Crippen molar-refractivity contribution in [3.63, 3.8) is 0 Å². The van der Waals surface area contributed by atoms with Gasteiger partial charge in [0.15, 0.2) is 0 Å². The van der Waals surface area contributed by atoms with E-state index < -0.39 is 0 Å². The van der Waals surface area contributed by atoms with Crippen molar-refractivity contribution in [2.75, 3.05) is 5.73 Å². The summed E-state index contributed by atoms with van der Waals surface area (Å²) in [6.45, 7) is 0.648. The lowest BCUT2D eigenvalue weighted by atomic mass is 10.1. The second-order valence-electron chi connectivity index (χ2n) is 5.39. The Kier molecular flexibility index (Phi) is 4.14. The lowest BCUT2D eigenvalue weighted by molar-refractivity contribution is 0.0729. The van der Waals surface area contributed by atoms with Gasteiger partial charge in [0.1, 0.15) is 0 Å². The van der Waals surface area contributed by atoms with Gasteiger partial charge in [-0.25, -0.2) is 0 Å². The summed E-state index contributed by atoms with van der Waals surface area (Å²) < 4.78 is 1.00. The number of anilines is 1. The van der Waals surface area contributed by atoms with Gasteiger partial charge in [-0.3, -0.25) is 4.79 Å². The Balaban J connectivity index is 1.83. The van der Waals surface area contributed by atoms with Crippen LogP contribution < -0.4 is 5.73 Å². The maximum atomic E-state index is 12.8. The maximum Gasteiger partial charge on any atom is 0.255 e. The van der Waals surface area contributed by atoms with E-state index in [9.17, 15) is 4.79 Å². The van der Waals surface area contributed by atoms with E-state index in [1.165, 1.54) is 0 Å². The molecule has 0 heterocycles. The largest absolute Gasteiger partial charge is 0.399 e. The molecule has 1 aliphatic carbocycles. The second-order valence-corrected chi connectivity index (χ2v) is 6.55. The van der Waals surface area contributed by atoms with Gasteiger partial charge < -0.3 is 10.6 Å². The molecule has 0 saturated heterocycles. The highest BCUT2D eigenvalue weighted by molar-refractivity contribution is 14.1. The number of amides is 1. The van der Waals surface area contributed by atoms with Gasteiger partial charge in [0.25, 0.3) is 5.91 Å². The molecular formula is C17H17IN2O. The molecule has 2 aromatic carbocycles. The zero-order valence-corrected chi connectivity index (χ0v) is 13.8. The summed E-state index contributed by atoms with van der Waals surface area (Å²) in [7, 11) is 0. The number of carbonyl (C=O) groups excluding carboxylic acids is 1. The van der Waals surface area contributed by atoms with E-state index in [0.717, 1.165) is 33.2 Å². The molecule has 0 spiro atoms. The predicted molar refractivity (Wildman–Crippen MR) is 92.9 cm³/mol. The number of hydrogen-bond donors (Lipinski definition) is 1. The lowest BCUT2D eigenvalue weighted by Crippen LogP contribution is -2.33. The highest BCUT2D eigenvalue weighted by atomic mass is 127. The molecule has 1 fully saturated rings. The van der Waals surface area contributed by atoms with Crippen LogP contribution in [0.4, 0.5) is 5.69 Å². The van der Waals surface area contributed by atoms with Crippen LogP contribution in [0.15, 0.2) is 48.5 Å². The Hall–Kier alpha value is -1.56. The first-order chi connectivity index (χ1) is 10.1. The number of halogens is 1. The number of nitrogens with two attached hydrogens (primary N) is 1. The van der Waals surface area contributed by atoms with Gasteiger partial charge in [0, 0.05) is 21.8 Å². The zero-order chi connectivity index (χ0) is 14.8. The molecule has 0 atom stereocenters. The molecule has 4 heteroatoms. The quantitative estimate of drug-likeness (QED) is 0.638. The van der Waals surface area contributed by atoms with Crippen LogP contribution in [0.3, 0.4) is 0 Å². The van der Waals surface area contributed by atoms with E-state index in [0.29, 0.717) is 12.6 Å². The number of carbonyl (C=O) groups is 1. The van der Waals surface area contributed by atoms with Crippen LogP contribution in [0.25, 0.3) is 0 Å². The van der Waals surface area contributed by atoms with Gasteiger partial charge in [0.05, 0.1) is 5.56 Å². The first-order valence-electron chi connectivity index (χ1n) is 7.05. The van der Waals surface area contributed by atoms with Gasteiger partial charge in [-0.1, -0.05) is 24.3 Å². The molecule has 0 bridgehead atoms. The lowest BCUT2D eigenvalue weighted by Gasteiger charge is -2.23. The zero-order valence-electron chi connectivity index (χ0n) is 11.6. The van der Waals surface area contributed by atoms with Crippen molar-refractivity contribution in [3.8, 4) is 0 Å². The van der Waals surface area contributed by atoms with Crippen LogP contribution in [0.1, 0.15) is 28.8 Å². The molecule has 108 valence electrons. The summed E-state index contributed by atoms with van der Waals surface area (Å²) in [5, 5.41) is 0. The fourth-order valence-electron chi connectivity index (χ4n) is 2.36. The minimum Gasteiger partial charge on any atom is -0.399 e. The molecule has 3 rings (SSSR count). The van der Waals surface area contributed by atoms with Crippen molar-refractivity contribution >= 4 is 34.2 Å². The normalized spacial score (nSPS) is 14.0. The first kappa shape index (κ1) is 14.4. The third kappa shape index (κ3) is 3.37.